The van der Waals surface area contributed by atoms with Crippen molar-refractivity contribution in [2.75, 3.05) is 9.80 Å². The predicted molar refractivity (Wildman–Crippen MR) is 303 cm³/mol. The van der Waals surface area contributed by atoms with E-state index in [1.165, 1.54) is 34.6 Å². The van der Waals surface area contributed by atoms with Crippen molar-refractivity contribution in [1.29, 1.82) is 0 Å². The third-order valence-electron chi connectivity index (χ3n) is 15.4. The van der Waals surface area contributed by atoms with Crippen LogP contribution in [0, 0.1) is 11.6 Å². The first kappa shape index (κ1) is 42.1. The largest absolute Gasteiger partial charge is 0.312 e. The minimum Gasteiger partial charge on any atom is -0.312 e. The monoisotopic (exact) mass is 952 g/mol. The molecule has 0 aromatic heterocycles. The van der Waals surface area contributed by atoms with Crippen LogP contribution in [0.15, 0.2) is 252 Å². The summed E-state index contributed by atoms with van der Waals surface area (Å²) >= 11 is 1.78. The van der Waals surface area contributed by atoms with E-state index < -0.39 is 11.6 Å². The molecule has 11 aromatic carbocycles. The van der Waals surface area contributed by atoms with E-state index in [0.29, 0.717) is 0 Å². The number of para-hydroxylation sites is 2. The second-order valence-corrected chi connectivity index (χ2v) is 20.3. The van der Waals surface area contributed by atoms with Gasteiger partial charge in [-0.15, -0.1) is 0 Å². The fourth-order valence-corrected chi connectivity index (χ4v) is 13.8. The van der Waals surface area contributed by atoms with Gasteiger partial charge in [0.25, 0.3) is 6.71 Å². The summed E-state index contributed by atoms with van der Waals surface area (Å²) in [6, 6.07) is 84.3. The van der Waals surface area contributed by atoms with Crippen LogP contribution in [0.1, 0.15) is 0 Å². The molecule has 4 heterocycles. The fraction of sp³-hybridized carbons (Fsp3) is 0. The average molecular weight is 953 g/mol. The first-order valence-electron chi connectivity index (χ1n) is 24.9. The Balaban J connectivity index is 1.18. The number of nitrogens with zero attached hydrogens (tertiary/aromatic N) is 2. The number of hydrogen-bond acceptors (Lipinski definition) is 3. The molecule has 340 valence electrons. The summed E-state index contributed by atoms with van der Waals surface area (Å²) in [5.74, 6) is -1.27. The molecule has 0 N–H and O–H groups in total. The first-order valence-corrected chi connectivity index (χ1v) is 25.7. The Morgan fingerprint density at radius 1 is 0.315 bits per heavy atom. The number of rotatable bonds is 6. The summed E-state index contributed by atoms with van der Waals surface area (Å²) in [7, 11) is 0. The third kappa shape index (κ3) is 6.25. The van der Waals surface area contributed by atoms with Crippen LogP contribution in [0.3, 0.4) is 0 Å². The zero-order valence-corrected chi connectivity index (χ0v) is 40.1. The van der Waals surface area contributed by atoms with Gasteiger partial charge >= 0.3 is 0 Å². The van der Waals surface area contributed by atoms with Crippen molar-refractivity contribution in [2.24, 2.45) is 0 Å². The Bertz CT molecular complexity index is 3970. The molecule has 4 aliphatic rings. The molecule has 0 radical (unpaired) electrons. The smallest absolute Gasteiger partial charge is 0.252 e. The quantitative estimate of drug-likeness (QED) is 0.153. The van der Waals surface area contributed by atoms with Crippen LogP contribution in [-0.4, -0.2) is 13.4 Å². The summed E-state index contributed by atoms with van der Waals surface area (Å²) in [4.78, 5) is 6.67. The van der Waals surface area contributed by atoms with E-state index in [1.807, 2.05) is 11.0 Å². The molecule has 0 saturated heterocycles. The molecular formula is C66H40B2F2N2S. The highest BCUT2D eigenvalue weighted by molar-refractivity contribution is 8.00. The molecule has 11 aromatic rings. The van der Waals surface area contributed by atoms with Gasteiger partial charge in [0.1, 0.15) is 17.3 Å². The van der Waals surface area contributed by atoms with Crippen molar-refractivity contribution in [2.45, 2.75) is 9.79 Å². The molecule has 0 unspecified atom stereocenters. The maximum atomic E-state index is 17.4. The molecule has 0 fully saturated rings. The number of fused-ring (bicyclic) bond motifs is 10. The molecule has 0 amide bonds. The zero-order chi connectivity index (χ0) is 48.3. The Labute approximate surface area is 428 Å². The summed E-state index contributed by atoms with van der Waals surface area (Å²) < 4.78 is 34.8. The normalized spacial score (nSPS) is 13.2. The lowest BCUT2D eigenvalue weighted by Crippen LogP contribution is -2.68. The van der Waals surface area contributed by atoms with Gasteiger partial charge in [0.15, 0.2) is 0 Å². The first-order chi connectivity index (χ1) is 36.1. The molecule has 15 rings (SSSR count). The lowest BCUT2D eigenvalue weighted by Gasteiger charge is -2.50. The van der Waals surface area contributed by atoms with Crippen LogP contribution in [0.5, 0.6) is 0 Å². The van der Waals surface area contributed by atoms with E-state index >= 15 is 8.78 Å². The predicted octanol–water partition coefficient (Wildman–Crippen LogP) is 13.7. The summed E-state index contributed by atoms with van der Waals surface area (Å²) in [5, 5.41) is 0. The summed E-state index contributed by atoms with van der Waals surface area (Å²) in [5.41, 5.74) is 22.1. The topological polar surface area (TPSA) is 6.48 Å². The highest BCUT2D eigenvalue weighted by Crippen LogP contribution is 2.57. The Kier molecular flexibility index (Phi) is 9.49. The molecule has 4 aliphatic heterocycles. The highest BCUT2D eigenvalue weighted by Gasteiger charge is 2.53. The minimum atomic E-state index is -0.633. The fourth-order valence-electron chi connectivity index (χ4n) is 12.5. The van der Waals surface area contributed by atoms with Gasteiger partial charge in [-0.3, -0.25) is 0 Å². The van der Waals surface area contributed by atoms with Crippen molar-refractivity contribution in [3.05, 3.63) is 254 Å². The summed E-state index contributed by atoms with van der Waals surface area (Å²) in [6.07, 6.45) is 0. The summed E-state index contributed by atoms with van der Waals surface area (Å²) in [6.45, 7) is -0.518. The standard InChI is InChI=1S/C66H40B2F2N2S/c69-53-31-18-32-54(70)63(53)72-55-33-15-13-29-49(55)67-51-39-45(41-19-5-1-6-20-41)35-37-56(51)71-57-38-36-46(42-21-7-2-8-22-42)40-52(57)68-50-30-14-16-34-58(50)73-66-60(64(72)61(67)65(71)62(66)68)59-47(43-23-9-3-10-24-43)27-17-28-48(59)44-25-11-4-12-26-44/h1-40H. The third-order valence-corrected chi connectivity index (χ3v) is 16.7. The van der Waals surface area contributed by atoms with Crippen LogP contribution in [0.2, 0.25) is 0 Å². The second-order valence-electron chi connectivity index (χ2n) is 19.3. The SMILES string of the molecule is Fc1cccc(F)c1N1c2ccccc2B2c3cc(-c4ccccc4)ccc3N3c4ccc(-c5ccccc5)cc4B4c5ccccc5Sc5c4c3c2c1c5-c1c(-c2ccccc2)cccc1-c1ccccc1. The average Bonchev–Trinajstić information content (AvgIpc) is 3.45. The van der Waals surface area contributed by atoms with Crippen molar-refractivity contribution in [1.82, 2.24) is 0 Å². The molecule has 0 saturated carbocycles. The molecule has 0 aliphatic carbocycles. The number of hydrogen-bond donors (Lipinski definition) is 0. The van der Waals surface area contributed by atoms with Gasteiger partial charge in [0.05, 0.1) is 5.69 Å². The van der Waals surface area contributed by atoms with Gasteiger partial charge in [-0.05, 0) is 108 Å². The van der Waals surface area contributed by atoms with Crippen molar-refractivity contribution >= 4 is 92.1 Å². The Morgan fingerprint density at radius 2 is 0.781 bits per heavy atom. The van der Waals surface area contributed by atoms with E-state index in [2.05, 4.69) is 223 Å². The number of anilines is 6. The second kappa shape index (κ2) is 16.5. The van der Waals surface area contributed by atoms with Crippen LogP contribution in [0.4, 0.5) is 42.9 Å². The Hall–Kier alpha value is -8.64. The maximum Gasteiger partial charge on any atom is 0.252 e. The van der Waals surface area contributed by atoms with Crippen molar-refractivity contribution in [3.8, 4) is 55.6 Å². The van der Waals surface area contributed by atoms with E-state index in [4.69, 9.17) is 0 Å². The van der Waals surface area contributed by atoms with E-state index in [0.717, 1.165) is 110 Å². The zero-order valence-electron chi connectivity index (χ0n) is 39.3. The lowest BCUT2D eigenvalue weighted by atomic mass is 9.29. The van der Waals surface area contributed by atoms with Gasteiger partial charge < -0.3 is 9.80 Å². The lowest BCUT2D eigenvalue weighted by molar-refractivity contribution is 0.586. The van der Waals surface area contributed by atoms with Crippen LogP contribution in [0.25, 0.3) is 55.6 Å². The Morgan fingerprint density at radius 3 is 1.36 bits per heavy atom. The van der Waals surface area contributed by atoms with Crippen molar-refractivity contribution < 1.29 is 8.78 Å². The van der Waals surface area contributed by atoms with Crippen LogP contribution < -0.4 is 42.6 Å². The molecule has 0 spiro atoms. The highest BCUT2D eigenvalue weighted by atomic mass is 32.2. The maximum absolute atomic E-state index is 17.4. The van der Waals surface area contributed by atoms with Crippen LogP contribution >= 0.6 is 11.8 Å². The van der Waals surface area contributed by atoms with Gasteiger partial charge in [0.2, 0.25) is 6.71 Å². The van der Waals surface area contributed by atoms with Gasteiger partial charge in [-0.2, -0.15) is 0 Å². The molecule has 0 bridgehead atoms. The van der Waals surface area contributed by atoms with Gasteiger partial charge in [-0.25, -0.2) is 8.78 Å². The van der Waals surface area contributed by atoms with E-state index in [-0.39, 0.29) is 19.1 Å². The van der Waals surface area contributed by atoms with Gasteiger partial charge in [0, 0.05) is 43.7 Å². The molecule has 0 atom stereocenters. The number of benzene rings is 11. The van der Waals surface area contributed by atoms with Gasteiger partial charge in [-0.1, -0.05) is 223 Å². The van der Waals surface area contributed by atoms with E-state index in [9.17, 15) is 0 Å². The molecule has 73 heavy (non-hydrogen) atoms. The molecular weight excluding hydrogens is 912 g/mol. The van der Waals surface area contributed by atoms with E-state index in [1.54, 1.807) is 11.8 Å². The molecule has 7 heteroatoms. The van der Waals surface area contributed by atoms with Crippen molar-refractivity contribution in [3.63, 3.8) is 0 Å². The van der Waals surface area contributed by atoms with Crippen LogP contribution in [-0.2, 0) is 0 Å². The minimum absolute atomic E-state index is 0.103. The number of halogens is 2. The molecule has 2 nitrogen and oxygen atoms in total.